The molecule has 1 atom stereocenters. The smallest absolute Gasteiger partial charge is 0.320 e. The standard InChI is InChI=1S/C22H23FN4O2/c1-14(16-10-11-20(29-2)18(23)12-16)24-22(28)25-21-13-19(15-8-9-15)26-27(21)17-6-4-3-5-7-17/h3-7,10-15H,8-9H2,1-2H3,(H2,24,25,28)/t14-/m0/s1. The van der Waals surface area contributed by atoms with Crippen LogP contribution in [0.15, 0.2) is 54.6 Å². The van der Waals surface area contributed by atoms with Crippen molar-refractivity contribution >= 4 is 11.8 Å². The van der Waals surface area contributed by atoms with Crippen LogP contribution in [0.25, 0.3) is 5.69 Å². The first-order chi connectivity index (χ1) is 14.0. The number of nitrogens with zero attached hydrogens (tertiary/aromatic N) is 2. The zero-order valence-corrected chi connectivity index (χ0v) is 16.4. The summed E-state index contributed by atoms with van der Waals surface area (Å²) in [5.74, 6) is 0.772. The molecule has 0 spiro atoms. The number of methoxy groups -OCH3 is 1. The first-order valence-corrected chi connectivity index (χ1v) is 9.61. The molecule has 2 amide bonds. The van der Waals surface area contributed by atoms with Gasteiger partial charge in [-0.15, -0.1) is 0 Å². The van der Waals surface area contributed by atoms with Crippen LogP contribution in [-0.2, 0) is 0 Å². The molecule has 3 aromatic rings. The van der Waals surface area contributed by atoms with Crippen molar-refractivity contribution < 1.29 is 13.9 Å². The Labute approximate surface area is 168 Å². The molecule has 1 aromatic heterocycles. The third-order valence-corrected chi connectivity index (χ3v) is 4.99. The highest BCUT2D eigenvalue weighted by molar-refractivity contribution is 5.89. The van der Waals surface area contributed by atoms with Crippen LogP contribution in [0.1, 0.15) is 43.0 Å². The van der Waals surface area contributed by atoms with E-state index >= 15 is 0 Å². The summed E-state index contributed by atoms with van der Waals surface area (Å²) in [6.45, 7) is 1.80. The number of carbonyl (C=O) groups excluding carboxylic acids is 1. The van der Waals surface area contributed by atoms with Gasteiger partial charge in [0, 0.05) is 12.0 Å². The van der Waals surface area contributed by atoms with E-state index < -0.39 is 5.82 Å². The van der Waals surface area contributed by atoms with E-state index in [0.29, 0.717) is 17.3 Å². The van der Waals surface area contributed by atoms with Crippen molar-refractivity contribution in [1.29, 1.82) is 0 Å². The fourth-order valence-corrected chi connectivity index (χ4v) is 3.22. The van der Waals surface area contributed by atoms with Crippen LogP contribution < -0.4 is 15.4 Å². The van der Waals surface area contributed by atoms with E-state index in [0.717, 1.165) is 24.2 Å². The summed E-state index contributed by atoms with van der Waals surface area (Å²) < 4.78 is 20.6. The summed E-state index contributed by atoms with van der Waals surface area (Å²) in [6.07, 6.45) is 2.25. The number of benzene rings is 2. The van der Waals surface area contributed by atoms with Gasteiger partial charge in [0.1, 0.15) is 5.82 Å². The van der Waals surface area contributed by atoms with E-state index in [-0.39, 0.29) is 17.8 Å². The van der Waals surface area contributed by atoms with Crippen molar-refractivity contribution in [2.24, 2.45) is 0 Å². The number of urea groups is 1. The predicted octanol–water partition coefficient (Wildman–Crippen LogP) is 4.78. The SMILES string of the molecule is COc1ccc([C@H](C)NC(=O)Nc2cc(C3CC3)nn2-c2ccccc2)cc1F. The summed E-state index contributed by atoms with van der Waals surface area (Å²) in [7, 11) is 1.42. The molecule has 0 bridgehead atoms. The van der Waals surface area contributed by atoms with Crippen LogP contribution in [-0.4, -0.2) is 22.9 Å². The minimum Gasteiger partial charge on any atom is -0.494 e. The number of aromatic nitrogens is 2. The number of anilines is 1. The van der Waals surface area contributed by atoms with E-state index in [4.69, 9.17) is 4.74 Å². The Morgan fingerprint density at radius 3 is 2.62 bits per heavy atom. The second-order valence-electron chi connectivity index (χ2n) is 7.19. The predicted molar refractivity (Wildman–Crippen MR) is 109 cm³/mol. The van der Waals surface area contributed by atoms with Gasteiger partial charge in [0.15, 0.2) is 11.6 Å². The lowest BCUT2D eigenvalue weighted by Crippen LogP contribution is -2.32. The Morgan fingerprint density at radius 1 is 1.21 bits per heavy atom. The fourth-order valence-electron chi connectivity index (χ4n) is 3.22. The molecule has 2 N–H and O–H groups in total. The number of ether oxygens (including phenoxy) is 1. The molecule has 2 aromatic carbocycles. The number of hydrogen-bond acceptors (Lipinski definition) is 3. The molecule has 7 heteroatoms. The average Bonchev–Trinajstić information content (AvgIpc) is 3.49. The van der Waals surface area contributed by atoms with E-state index in [1.807, 2.05) is 36.4 Å². The second kappa shape index (κ2) is 7.95. The van der Waals surface area contributed by atoms with Crippen LogP contribution in [0.2, 0.25) is 0 Å². The molecule has 6 nitrogen and oxygen atoms in total. The number of para-hydroxylation sites is 1. The zero-order chi connectivity index (χ0) is 20.4. The Bertz CT molecular complexity index is 1010. The van der Waals surface area contributed by atoms with Crippen LogP contribution in [0.3, 0.4) is 0 Å². The first kappa shape index (κ1) is 19.0. The molecule has 4 rings (SSSR count). The minimum absolute atomic E-state index is 0.171. The number of carbonyl (C=O) groups is 1. The molecule has 0 radical (unpaired) electrons. The van der Waals surface area contributed by atoms with Crippen LogP contribution >= 0.6 is 0 Å². The molecule has 0 unspecified atom stereocenters. The number of amides is 2. The van der Waals surface area contributed by atoms with Crippen molar-refractivity contribution in [3.05, 3.63) is 71.7 Å². The summed E-state index contributed by atoms with van der Waals surface area (Å²) in [6, 6.07) is 15.5. The first-order valence-electron chi connectivity index (χ1n) is 9.61. The van der Waals surface area contributed by atoms with E-state index in [1.54, 1.807) is 23.7 Å². The van der Waals surface area contributed by atoms with Crippen molar-refractivity contribution in [1.82, 2.24) is 15.1 Å². The number of rotatable bonds is 6. The largest absolute Gasteiger partial charge is 0.494 e. The van der Waals surface area contributed by atoms with Gasteiger partial charge in [0.2, 0.25) is 0 Å². The molecule has 0 aliphatic heterocycles. The monoisotopic (exact) mass is 394 g/mol. The summed E-state index contributed by atoms with van der Waals surface area (Å²) in [5, 5.41) is 10.4. The lowest BCUT2D eigenvalue weighted by Gasteiger charge is -2.16. The lowest BCUT2D eigenvalue weighted by molar-refractivity contribution is 0.249. The highest BCUT2D eigenvalue weighted by atomic mass is 19.1. The Hall–Kier alpha value is -3.35. The molecular formula is C22H23FN4O2. The van der Waals surface area contributed by atoms with Gasteiger partial charge in [0.25, 0.3) is 0 Å². The van der Waals surface area contributed by atoms with Gasteiger partial charge < -0.3 is 10.1 Å². The third kappa shape index (κ3) is 4.23. The fraction of sp³-hybridized carbons (Fsp3) is 0.273. The summed E-state index contributed by atoms with van der Waals surface area (Å²) in [5.41, 5.74) is 2.50. The summed E-state index contributed by atoms with van der Waals surface area (Å²) in [4.78, 5) is 12.6. The average molecular weight is 394 g/mol. The summed E-state index contributed by atoms with van der Waals surface area (Å²) >= 11 is 0. The van der Waals surface area contributed by atoms with Gasteiger partial charge in [0.05, 0.1) is 24.5 Å². The van der Waals surface area contributed by atoms with Crippen molar-refractivity contribution in [3.63, 3.8) is 0 Å². The van der Waals surface area contributed by atoms with Crippen molar-refractivity contribution in [3.8, 4) is 11.4 Å². The van der Waals surface area contributed by atoms with Crippen molar-refractivity contribution in [2.75, 3.05) is 12.4 Å². The number of halogens is 1. The molecule has 1 aliphatic carbocycles. The minimum atomic E-state index is -0.463. The van der Waals surface area contributed by atoms with Crippen LogP contribution in [0.4, 0.5) is 15.0 Å². The quantitative estimate of drug-likeness (QED) is 0.632. The van der Waals surface area contributed by atoms with Gasteiger partial charge in [-0.1, -0.05) is 24.3 Å². The van der Waals surface area contributed by atoms with Gasteiger partial charge >= 0.3 is 6.03 Å². The van der Waals surface area contributed by atoms with Crippen LogP contribution in [0.5, 0.6) is 5.75 Å². The zero-order valence-electron chi connectivity index (χ0n) is 16.4. The number of nitrogens with one attached hydrogen (secondary N) is 2. The molecular weight excluding hydrogens is 371 g/mol. The highest BCUT2D eigenvalue weighted by Crippen LogP contribution is 2.40. The topological polar surface area (TPSA) is 68.2 Å². The second-order valence-corrected chi connectivity index (χ2v) is 7.19. The maximum Gasteiger partial charge on any atom is 0.320 e. The van der Waals surface area contributed by atoms with E-state index in [1.165, 1.54) is 13.2 Å². The Morgan fingerprint density at radius 2 is 1.97 bits per heavy atom. The lowest BCUT2D eigenvalue weighted by atomic mass is 10.1. The molecule has 1 aliphatic rings. The Kier molecular flexibility index (Phi) is 5.20. The van der Waals surface area contributed by atoms with Gasteiger partial charge in [-0.25, -0.2) is 13.9 Å². The van der Waals surface area contributed by atoms with Crippen LogP contribution in [0, 0.1) is 5.82 Å². The maximum absolute atomic E-state index is 14.0. The Balaban J connectivity index is 1.50. The molecule has 1 saturated carbocycles. The maximum atomic E-state index is 14.0. The normalized spacial score (nSPS) is 14.3. The van der Waals surface area contributed by atoms with Gasteiger partial charge in [-0.05, 0) is 49.6 Å². The molecule has 1 fully saturated rings. The number of hydrogen-bond donors (Lipinski definition) is 2. The van der Waals surface area contributed by atoms with Gasteiger partial charge in [-0.2, -0.15) is 5.10 Å². The van der Waals surface area contributed by atoms with Gasteiger partial charge in [-0.3, -0.25) is 5.32 Å². The molecule has 150 valence electrons. The molecule has 29 heavy (non-hydrogen) atoms. The molecule has 0 saturated heterocycles. The third-order valence-electron chi connectivity index (χ3n) is 4.99. The molecule has 1 heterocycles. The van der Waals surface area contributed by atoms with E-state index in [9.17, 15) is 9.18 Å². The highest BCUT2D eigenvalue weighted by Gasteiger charge is 2.28. The van der Waals surface area contributed by atoms with Crippen molar-refractivity contribution in [2.45, 2.75) is 31.7 Å². The van der Waals surface area contributed by atoms with E-state index in [2.05, 4.69) is 15.7 Å².